The van der Waals surface area contributed by atoms with Crippen LogP contribution in [0.25, 0.3) is 0 Å². The minimum absolute atomic E-state index is 0.0509. The van der Waals surface area contributed by atoms with Crippen molar-refractivity contribution in [2.45, 2.75) is 26.8 Å². The molecule has 136 valence electrons. The number of carbonyl (C=O) groups excluding carboxylic acids is 2. The van der Waals surface area contributed by atoms with Crippen molar-refractivity contribution in [1.29, 1.82) is 0 Å². The van der Waals surface area contributed by atoms with Crippen LogP contribution in [-0.2, 0) is 4.79 Å². The van der Waals surface area contributed by atoms with Gasteiger partial charge in [-0.25, -0.2) is 0 Å². The highest BCUT2D eigenvalue weighted by molar-refractivity contribution is 6.03. The summed E-state index contributed by atoms with van der Waals surface area (Å²) in [6.07, 6.45) is 0. The van der Waals surface area contributed by atoms with Crippen LogP contribution < -0.4 is 9.64 Å². The van der Waals surface area contributed by atoms with E-state index in [4.69, 9.17) is 4.74 Å². The number of amides is 2. The van der Waals surface area contributed by atoms with Gasteiger partial charge in [-0.3, -0.25) is 9.59 Å². The first-order chi connectivity index (χ1) is 12.4. The molecule has 2 amide bonds. The Labute approximate surface area is 154 Å². The summed E-state index contributed by atoms with van der Waals surface area (Å²) in [5, 5.41) is 0. The van der Waals surface area contributed by atoms with Crippen LogP contribution in [0, 0.1) is 13.8 Å². The van der Waals surface area contributed by atoms with Gasteiger partial charge in [0.25, 0.3) is 5.91 Å². The number of benzene rings is 2. The first-order valence-corrected chi connectivity index (χ1v) is 8.76. The topological polar surface area (TPSA) is 49.9 Å². The molecule has 1 fully saturated rings. The molecule has 2 aromatic carbocycles. The van der Waals surface area contributed by atoms with Crippen molar-refractivity contribution < 1.29 is 14.3 Å². The number of ether oxygens (including phenoxy) is 1. The fourth-order valence-electron chi connectivity index (χ4n) is 3.39. The molecule has 2 aromatic rings. The zero-order valence-corrected chi connectivity index (χ0v) is 15.7. The molecule has 0 unspecified atom stereocenters. The van der Waals surface area contributed by atoms with Gasteiger partial charge >= 0.3 is 0 Å². The van der Waals surface area contributed by atoms with E-state index in [0.717, 1.165) is 11.3 Å². The number of hydrogen-bond donors (Lipinski definition) is 0. The van der Waals surface area contributed by atoms with Crippen LogP contribution in [0.1, 0.15) is 28.4 Å². The Morgan fingerprint density at radius 1 is 1.08 bits per heavy atom. The van der Waals surface area contributed by atoms with Crippen LogP contribution in [0.15, 0.2) is 42.5 Å². The monoisotopic (exact) mass is 352 g/mol. The van der Waals surface area contributed by atoms with Crippen LogP contribution in [0.4, 0.5) is 5.69 Å². The summed E-state index contributed by atoms with van der Waals surface area (Å²) in [6.45, 7) is 6.83. The molecule has 26 heavy (non-hydrogen) atoms. The number of rotatable bonds is 3. The molecule has 5 nitrogen and oxygen atoms in total. The van der Waals surface area contributed by atoms with E-state index in [-0.39, 0.29) is 11.8 Å². The van der Waals surface area contributed by atoms with Gasteiger partial charge in [-0.15, -0.1) is 0 Å². The molecule has 0 bridgehead atoms. The molecule has 5 heteroatoms. The predicted molar refractivity (Wildman–Crippen MR) is 102 cm³/mol. The third kappa shape index (κ3) is 3.29. The molecular weight excluding hydrogens is 328 g/mol. The maximum Gasteiger partial charge on any atom is 0.254 e. The molecule has 1 atom stereocenters. The van der Waals surface area contributed by atoms with Gasteiger partial charge in [0.05, 0.1) is 7.11 Å². The number of hydrogen-bond acceptors (Lipinski definition) is 3. The summed E-state index contributed by atoms with van der Waals surface area (Å²) in [4.78, 5) is 29.2. The number of methoxy groups -OCH3 is 1. The Hall–Kier alpha value is -2.82. The molecule has 3 rings (SSSR count). The molecule has 1 aliphatic rings. The van der Waals surface area contributed by atoms with Gasteiger partial charge < -0.3 is 14.5 Å². The van der Waals surface area contributed by atoms with E-state index in [9.17, 15) is 9.59 Å². The quantitative estimate of drug-likeness (QED) is 0.852. The summed E-state index contributed by atoms with van der Waals surface area (Å²) in [5.74, 6) is 0.518. The largest absolute Gasteiger partial charge is 0.497 e. The summed E-state index contributed by atoms with van der Waals surface area (Å²) in [5.41, 5.74) is 3.72. The van der Waals surface area contributed by atoms with E-state index in [2.05, 4.69) is 6.07 Å². The number of anilines is 1. The van der Waals surface area contributed by atoms with Crippen LogP contribution >= 0.6 is 0 Å². The van der Waals surface area contributed by atoms with Gasteiger partial charge in [-0.2, -0.15) is 0 Å². The minimum Gasteiger partial charge on any atom is -0.497 e. The molecule has 1 saturated heterocycles. The van der Waals surface area contributed by atoms with E-state index in [1.165, 1.54) is 5.56 Å². The average molecular weight is 352 g/mol. The maximum absolute atomic E-state index is 12.9. The molecule has 0 aromatic heterocycles. The summed E-state index contributed by atoms with van der Waals surface area (Å²) in [7, 11) is 1.59. The SMILES string of the molecule is COc1ccc(C(=O)N2CCN(c3ccc(C)cc3C)C(=O)[C@H]2C)cc1. The maximum atomic E-state index is 12.9. The van der Waals surface area contributed by atoms with Crippen molar-refractivity contribution in [3.05, 3.63) is 59.2 Å². The van der Waals surface area contributed by atoms with Gasteiger partial charge in [0.2, 0.25) is 5.91 Å². The average Bonchev–Trinajstić information content (AvgIpc) is 2.64. The third-order valence-corrected chi connectivity index (χ3v) is 4.90. The standard InChI is InChI=1S/C21H24N2O3/c1-14-5-10-19(15(2)13-14)23-12-11-22(16(3)20(23)24)21(25)17-6-8-18(26-4)9-7-17/h5-10,13,16H,11-12H2,1-4H3/t16-/m1/s1. The number of carbonyl (C=O) groups is 2. The smallest absolute Gasteiger partial charge is 0.254 e. The van der Waals surface area contributed by atoms with Crippen molar-refractivity contribution >= 4 is 17.5 Å². The van der Waals surface area contributed by atoms with E-state index in [1.54, 1.807) is 48.1 Å². The second-order valence-electron chi connectivity index (χ2n) is 6.68. The molecule has 1 heterocycles. The van der Waals surface area contributed by atoms with Gasteiger partial charge in [-0.1, -0.05) is 17.7 Å². The normalized spacial score (nSPS) is 17.4. The van der Waals surface area contributed by atoms with E-state index in [1.807, 2.05) is 26.0 Å². The fourth-order valence-corrected chi connectivity index (χ4v) is 3.39. The molecule has 0 N–H and O–H groups in total. The van der Waals surface area contributed by atoms with Crippen LogP contribution in [0.5, 0.6) is 5.75 Å². The van der Waals surface area contributed by atoms with Crippen molar-refractivity contribution in [3.8, 4) is 5.75 Å². The van der Waals surface area contributed by atoms with Gasteiger partial charge in [0.1, 0.15) is 11.8 Å². The Morgan fingerprint density at radius 3 is 2.38 bits per heavy atom. The summed E-state index contributed by atoms with van der Waals surface area (Å²) in [6, 6.07) is 12.5. The Kier molecular flexibility index (Phi) is 4.98. The van der Waals surface area contributed by atoms with Gasteiger partial charge in [-0.05, 0) is 56.7 Å². The van der Waals surface area contributed by atoms with Gasteiger partial charge in [0, 0.05) is 24.3 Å². The van der Waals surface area contributed by atoms with Crippen LogP contribution in [-0.4, -0.2) is 43.0 Å². The lowest BCUT2D eigenvalue weighted by molar-refractivity contribution is -0.124. The van der Waals surface area contributed by atoms with E-state index < -0.39 is 6.04 Å². The van der Waals surface area contributed by atoms with Crippen molar-refractivity contribution in [2.75, 3.05) is 25.1 Å². The lowest BCUT2D eigenvalue weighted by Gasteiger charge is -2.39. The Bertz CT molecular complexity index is 830. The first kappa shape index (κ1) is 18.0. The summed E-state index contributed by atoms with van der Waals surface area (Å²) >= 11 is 0. The Balaban J connectivity index is 1.79. The zero-order valence-electron chi connectivity index (χ0n) is 15.7. The predicted octanol–water partition coefficient (Wildman–Crippen LogP) is 3.19. The van der Waals surface area contributed by atoms with Crippen LogP contribution in [0.3, 0.4) is 0 Å². The number of piperazine rings is 1. The van der Waals surface area contributed by atoms with E-state index in [0.29, 0.717) is 24.4 Å². The highest BCUT2D eigenvalue weighted by Gasteiger charge is 2.35. The fraction of sp³-hybridized carbons (Fsp3) is 0.333. The second kappa shape index (κ2) is 7.20. The number of nitrogens with zero attached hydrogens (tertiary/aromatic N) is 2. The molecular formula is C21H24N2O3. The lowest BCUT2D eigenvalue weighted by Crippen LogP contribution is -2.57. The molecule has 1 aliphatic heterocycles. The minimum atomic E-state index is -0.501. The van der Waals surface area contributed by atoms with Crippen molar-refractivity contribution in [2.24, 2.45) is 0 Å². The number of aryl methyl sites for hydroxylation is 2. The lowest BCUT2D eigenvalue weighted by atomic mass is 10.1. The Morgan fingerprint density at radius 2 is 1.77 bits per heavy atom. The molecule has 0 aliphatic carbocycles. The highest BCUT2D eigenvalue weighted by atomic mass is 16.5. The second-order valence-corrected chi connectivity index (χ2v) is 6.68. The molecule has 0 radical (unpaired) electrons. The first-order valence-electron chi connectivity index (χ1n) is 8.76. The molecule has 0 saturated carbocycles. The summed E-state index contributed by atoms with van der Waals surface area (Å²) < 4.78 is 5.13. The van der Waals surface area contributed by atoms with Crippen molar-refractivity contribution in [1.82, 2.24) is 4.90 Å². The zero-order chi connectivity index (χ0) is 18.8. The van der Waals surface area contributed by atoms with E-state index >= 15 is 0 Å². The van der Waals surface area contributed by atoms with Crippen LogP contribution in [0.2, 0.25) is 0 Å². The third-order valence-electron chi connectivity index (χ3n) is 4.90. The van der Waals surface area contributed by atoms with Gasteiger partial charge in [0.15, 0.2) is 0 Å². The highest BCUT2D eigenvalue weighted by Crippen LogP contribution is 2.26. The molecule has 0 spiro atoms. The van der Waals surface area contributed by atoms with Crippen molar-refractivity contribution in [3.63, 3.8) is 0 Å².